The fourth-order valence-electron chi connectivity index (χ4n) is 8.51. The molecule has 27 heteroatoms. The molecule has 81 heavy (non-hydrogen) atoms. The van der Waals surface area contributed by atoms with Crippen molar-refractivity contribution in [1.82, 2.24) is 56.7 Å². The molecule has 3 unspecified atom stereocenters. The molecule has 0 saturated carbocycles. The van der Waals surface area contributed by atoms with Crippen LogP contribution in [0.15, 0.2) is 72.9 Å². The van der Waals surface area contributed by atoms with Crippen LogP contribution in [-0.2, 0) is 56.1 Å². The van der Waals surface area contributed by atoms with Crippen molar-refractivity contribution in [2.45, 2.75) is 127 Å². The summed E-state index contributed by atoms with van der Waals surface area (Å²) < 4.78 is 0. The minimum atomic E-state index is -1.40. The number of rotatable bonds is 34. The molecular weight excluding hydrogens is 1050 g/mol. The summed E-state index contributed by atoms with van der Waals surface area (Å²) in [7, 11) is 1.79. The molecule has 2 aromatic carbocycles. The SMILES string of the molecule is CC(NC(=O)CCCCCN1C(=O)C=CC1=O)C(=O)NC(Cc1ccccc1)C(=O)N[C@@H](CCCCN)C(=O)N[C@@H](CCCCNC(=O)CCC(NC(=O)c1ccc(N(C)Cc2cnc3nc(N)nc(N)c3n2)cc1)C(=O)O)C(=O)O. The van der Waals surface area contributed by atoms with E-state index in [-0.39, 0.29) is 106 Å². The van der Waals surface area contributed by atoms with Crippen molar-refractivity contribution in [2.24, 2.45) is 5.73 Å². The number of imide groups is 1. The fraction of sp³-hybridized carbons (Fsp3) is 0.444. The van der Waals surface area contributed by atoms with E-state index in [1.165, 1.54) is 37.4 Å². The van der Waals surface area contributed by atoms with Gasteiger partial charge in [-0.25, -0.2) is 19.6 Å². The Hall–Kier alpha value is -9.14. The van der Waals surface area contributed by atoms with E-state index in [1.54, 1.807) is 49.5 Å². The van der Waals surface area contributed by atoms with Crippen LogP contribution in [0.2, 0.25) is 0 Å². The van der Waals surface area contributed by atoms with E-state index in [0.29, 0.717) is 61.1 Å². The second-order valence-corrected chi connectivity index (χ2v) is 19.4. The Bertz CT molecular complexity index is 2890. The van der Waals surface area contributed by atoms with E-state index in [4.69, 9.17) is 17.2 Å². The minimum Gasteiger partial charge on any atom is -0.480 e. The van der Waals surface area contributed by atoms with Crippen LogP contribution < -0.4 is 54.0 Å². The number of carboxylic acids is 2. The van der Waals surface area contributed by atoms with Gasteiger partial charge in [-0.1, -0.05) is 36.8 Å². The lowest BCUT2D eigenvalue weighted by Gasteiger charge is -2.25. The van der Waals surface area contributed by atoms with Crippen molar-refractivity contribution < 1.29 is 58.2 Å². The molecule has 0 radical (unpaired) electrons. The topological polar surface area (TPSA) is 419 Å². The Labute approximate surface area is 467 Å². The van der Waals surface area contributed by atoms with Gasteiger partial charge in [-0.3, -0.25) is 43.3 Å². The first kappa shape index (κ1) is 62.7. The van der Waals surface area contributed by atoms with Gasteiger partial charge in [-0.15, -0.1) is 0 Å². The van der Waals surface area contributed by atoms with E-state index in [2.05, 4.69) is 51.8 Å². The van der Waals surface area contributed by atoms with Crippen molar-refractivity contribution in [1.29, 1.82) is 0 Å². The van der Waals surface area contributed by atoms with Gasteiger partial charge in [0.25, 0.3) is 17.7 Å². The minimum absolute atomic E-state index is 0.00557. The molecule has 8 amide bonds. The van der Waals surface area contributed by atoms with Gasteiger partial charge < -0.3 is 64.2 Å². The predicted molar refractivity (Wildman–Crippen MR) is 296 cm³/mol. The van der Waals surface area contributed by atoms with E-state index in [9.17, 15) is 58.2 Å². The number of unbranched alkanes of at least 4 members (excludes halogenated alkanes) is 4. The summed E-state index contributed by atoms with van der Waals surface area (Å²) in [5.74, 6) is -7.19. The van der Waals surface area contributed by atoms with Crippen molar-refractivity contribution in [3.63, 3.8) is 0 Å². The normalized spacial score (nSPS) is 13.8. The van der Waals surface area contributed by atoms with E-state index in [1.807, 2.05) is 4.90 Å². The summed E-state index contributed by atoms with van der Waals surface area (Å²) in [5, 5.41) is 35.5. The molecule has 14 N–H and O–H groups in total. The molecule has 0 bridgehead atoms. The van der Waals surface area contributed by atoms with Crippen molar-refractivity contribution in [2.75, 3.05) is 43.0 Å². The van der Waals surface area contributed by atoms with Crippen molar-refractivity contribution >= 4 is 87.8 Å². The Kier molecular flexibility index (Phi) is 24.3. The lowest BCUT2D eigenvalue weighted by molar-refractivity contribution is -0.142. The number of carbonyl (C=O) groups is 10. The number of nitrogens with zero attached hydrogens (tertiary/aromatic N) is 6. The fourth-order valence-corrected chi connectivity index (χ4v) is 8.51. The highest BCUT2D eigenvalue weighted by atomic mass is 16.4. The van der Waals surface area contributed by atoms with Crippen LogP contribution in [0, 0.1) is 0 Å². The zero-order valence-electron chi connectivity index (χ0n) is 45.2. The Morgan fingerprint density at radius 1 is 0.654 bits per heavy atom. The number of aliphatic carboxylic acids is 2. The largest absolute Gasteiger partial charge is 0.480 e. The van der Waals surface area contributed by atoms with Crippen LogP contribution in [0.3, 0.4) is 0 Å². The quantitative estimate of drug-likeness (QED) is 0.0222. The van der Waals surface area contributed by atoms with Gasteiger partial charge in [0, 0.05) is 62.8 Å². The molecule has 434 valence electrons. The predicted octanol–water partition coefficient (Wildman–Crippen LogP) is 0.371. The van der Waals surface area contributed by atoms with E-state index < -0.39 is 77.6 Å². The highest BCUT2D eigenvalue weighted by molar-refractivity contribution is 6.12. The average molecular weight is 1120 g/mol. The molecule has 5 rings (SSSR count). The number of nitrogens with one attached hydrogen (secondary N) is 6. The average Bonchev–Trinajstić information content (AvgIpc) is 3.79. The third-order valence-electron chi connectivity index (χ3n) is 13.0. The first-order valence-corrected chi connectivity index (χ1v) is 26.6. The number of anilines is 3. The van der Waals surface area contributed by atoms with E-state index >= 15 is 0 Å². The smallest absolute Gasteiger partial charge is 0.326 e. The molecule has 4 aromatic rings. The first-order valence-electron chi connectivity index (χ1n) is 26.6. The molecular formula is C54H71N15O12. The standard InChI is InChI=1S/C54H71N15O12/c1-32(60-42(71)17-7-4-12-28-69-43(72)24-25-44(69)73)48(74)65-40(29-33-13-5-3-6-14-33)51(77)62-37(15-8-10-26-55)50(76)64-38(52(78)79)16-9-11-27-58-41(70)23-22-39(53(80)81)63-49(75)34-18-20-36(21-19-34)68(2)31-35-30-59-47-45(61-35)46(56)66-54(57)67-47/h3,5-6,13-14,18-21,24-25,30,32,37-40H,4,7-12,15-17,22-23,26-29,31,55H2,1-2H3,(H,58,70)(H,60,71)(H,62,77)(H,63,75)(H,64,76)(H,65,74)(H,78,79)(H,80,81)(H4,56,57,59,66,67)/t32?,37-,38-,39?,40?/m0/s1. The summed E-state index contributed by atoms with van der Waals surface area (Å²) in [6.07, 6.45) is 6.40. The highest BCUT2D eigenvalue weighted by Gasteiger charge is 2.31. The summed E-state index contributed by atoms with van der Waals surface area (Å²) >= 11 is 0. The van der Waals surface area contributed by atoms with Gasteiger partial charge in [0.1, 0.15) is 30.2 Å². The molecule has 0 spiro atoms. The van der Waals surface area contributed by atoms with Crippen molar-refractivity contribution in [3.8, 4) is 0 Å². The maximum Gasteiger partial charge on any atom is 0.326 e. The third-order valence-corrected chi connectivity index (χ3v) is 13.0. The number of hydrogen-bond donors (Lipinski definition) is 11. The van der Waals surface area contributed by atoms with Gasteiger partial charge in [0.15, 0.2) is 17.0 Å². The number of fused-ring (bicyclic) bond motifs is 1. The van der Waals surface area contributed by atoms with Crippen molar-refractivity contribution in [3.05, 3.63) is 89.8 Å². The third kappa shape index (κ3) is 20.2. The molecule has 0 saturated heterocycles. The number of hydrogen-bond acceptors (Lipinski definition) is 18. The molecule has 1 aliphatic rings. The lowest BCUT2D eigenvalue weighted by atomic mass is 10.0. The number of amides is 8. The molecule has 0 fully saturated rings. The highest BCUT2D eigenvalue weighted by Crippen LogP contribution is 2.20. The van der Waals surface area contributed by atoms with Crippen LogP contribution in [0.4, 0.5) is 17.5 Å². The monoisotopic (exact) mass is 1120 g/mol. The van der Waals surface area contributed by atoms with E-state index in [0.717, 1.165) is 4.90 Å². The van der Waals surface area contributed by atoms with Gasteiger partial charge >= 0.3 is 11.9 Å². The van der Waals surface area contributed by atoms with Gasteiger partial charge in [0.2, 0.25) is 35.5 Å². The Balaban J connectivity index is 1.06. The summed E-state index contributed by atoms with van der Waals surface area (Å²) in [5.41, 5.74) is 20.0. The lowest BCUT2D eigenvalue weighted by Crippen LogP contribution is -2.58. The molecule has 3 heterocycles. The molecule has 27 nitrogen and oxygen atoms in total. The first-order chi connectivity index (χ1) is 38.7. The summed E-state index contributed by atoms with van der Waals surface area (Å²) in [4.78, 5) is 147. The molecule has 2 aromatic heterocycles. The van der Waals surface area contributed by atoms with Crippen LogP contribution in [0.1, 0.15) is 106 Å². The van der Waals surface area contributed by atoms with Crippen LogP contribution in [0.25, 0.3) is 11.2 Å². The number of nitrogen functional groups attached to an aromatic ring is 2. The molecule has 5 atom stereocenters. The van der Waals surface area contributed by atoms with Gasteiger partial charge in [-0.05, 0) is 101 Å². The Morgan fingerprint density at radius 2 is 1.28 bits per heavy atom. The maximum absolute atomic E-state index is 14.0. The maximum atomic E-state index is 14.0. The number of carbonyl (C=O) groups excluding carboxylic acids is 8. The number of aromatic nitrogens is 4. The number of nitrogens with two attached hydrogens (primary N) is 3. The van der Waals surface area contributed by atoms with Crippen LogP contribution in [0.5, 0.6) is 0 Å². The van der Waals surface area contributed by atoms with Gasteiger partial charge in [0.05, 0.1) is 18.4 Å². The second kappa shape index (κ2) is 31.5. The zero-order valence-corrected chi connectivity index (χ0v) is 45.2. The second-order valence-electron chi connectivity index (χ2n) is 19.4. The zero-order chi connectivity index (χ0) is 59.0. The summed E-state index contributed by atoms with van der Waals surface area (Å²) in [6, 6.07) is 8.84. The molecule has 1 aliphatic heterocycles. The van der Waals surface area contributed by atoms with Crippen LogP contribution in [-0.4, -0.2) is 151 Å². The van der Waals surface area contributed by atoms with Gasteiger partial charge in [-0.2, -0.15) is 9.97 Å². The number of carboxylic acid groups (broad SMARTS) is 2. The number of benzene rings is 2. The van der Waals surface area contributed by atoms with Crippen LogP contribution >= 0.6 is 0 Å². The Morgan fingerprint density at radius 3 is 1.96 bits per heavy atom. The molecule has 0 aliphatic carbocycles. The summed E-state index contributed by atoms with van der Waals surface area (Å²) in [6.45, 7) is 2.36.